The summed E-state index contributed by atoms with van der Waals surface area (Å²) in [5, 5.41) is 3.74. The number of hydrogen-bond donors (Lipinski definition) is 0. The van der Waals surface area contributed by atoms with Gasteiger partial charge in [0.25, 0.3) is 5.91 Å². The van der Waals surface area contributed by atoms with Gasteiger partial charge >= 0.3 is 0 Å². The topological polar surface area (TPSA) is 85.3 Å². The van der Waals surface area contributed by atoms with E-state index >= 15 is 0 Å². The van der Waals surface area contributed by atoms with Crippen molar-refractivity contribution >= 4 is 44.9 Å². The number of carbonyl (C=O) groups is 3. The van der Waals surface area contributed by atoms with E-state index in [-0.39, 0.29) is 5.71 Å². The summed E-state index contributed by atoms with van der Waals surface area (Å²) in [4.78, 5) is 44.5. The van der Waals surface area contributed by atoms with Crippen molar-refractivity contribution in [2.75, 3.05) is 12.0 Å². The summed E-state index contributed by atoms with van der Waals surface area (Å²) in [7, 11) is 1.52. The molecule has 8 heteroatoms. The lowest BCUT2D eigenvalue weighted by Gasteiger charge is -2.15. The normalized spacial score (nSPS) is 21.0. The van der Waals surface area contributed by atoms with Gasteiger partial charge in [0.05, 0.1) is 12.8 Å². The summed E-state index contributed by atoms with van der Waals surface area (Å²) in [6.45, 7) is 0. The largest absolute Gasteiger partial charge is 0.497 e. The van der Waals surface area contributed by atoms with Crippen molar-refractivity contribution in [3.63, 3.8) is 0 Å². The Bertz CT molecular complexity index is 969. The van der Waals surface area contributed by atoms with Gasteiger partial charge in [-0.05, 0) is 48.5 Å². The number of anilines is 1. The van der Waals surface area contributed by atoms with E-state index in [9.17, 15) is 14.4 Å². The molecule has 0 radical (unpaired) electrons. The van der Waals surface area contributed by atoms with Crippen molar-refractivity contribution in [3.05, 3.63) is 58.6 Å². The van der Waals surface area contributed by atoms with Crippen LogP contribution in [0.1, 0.15) is 10.4 Å². The van der Waals surface area contributed by atoms with Crippen LogP contribution in [-0.4, -0.2) is 36.5 Å². The molecule has 0 aromatic heterocycles. The Hall–Kier alpha value is -3.00. The number of rotatable bonds is 4. The molecule has 2 aliphatic heterocycles. The summed E-state index contributed by atoms with van der Waals surface area (Å²) in [5.41, 5.74) is 0.687. The first-order chi connectivity index (χ1) is 13.0. The van der Waals surface area contributed by atoms with E-state index in [4.69, 9.17) is 9.57 Å². The predicted molar refractivity (Wildman–Crippen MR) is 99.8 cm³/mol. The molecule has 2 heterocycles. The van der Waals surface area contributed by atoms with Crippen molar-refractivity contribution in [1.29, 1.82) is 0 Å². The quantitative estimate of drug-likeness (QED) is 0.551. The molecule has 4 rings (SSSR count). The molecule has 0 N–H and O–H groups in total. The second-order valence-corrected chi connectivity index (χ2v) is 6.94. The first kappa shape index (κ1) is 17.4. The van der Waals surface area contributed by atoms with Crippen LogP contribution in [0.4, 0.5) is 5.69 Å². The summed E-state index contributed by atoms with van der Waals surface area (Å²) in [5.74, 6) is -1.96. The molecule has 2 aromatic rings. The number of halogens is 1. The molecule has 7 nitrogen and oxygen atoms in total. The SMILES string of the molecule is COc1ccc(C(=O)C2=NO[C@@H]3C(=O)N(c4ccc(Br)cc4)C(=O)[C@H]23)cc1. The summed E-state index contributed by atoms with van der Waals surface area (Å²) in [6, 6.07) is 13.2. The lowest BCUT2D eigenvalue weighted by molar-refractivity contribution is -0.126. The van der Waals surface area contributed by atoms with Crippen LogP contribution in [0, 0.1) is 5.92 Å². The van der Waals surface area contributed by atoms with E-state index in [1.165, 1.54) is 7.11 Å². The molecule has 0 unspecified atom stereocenters. The number of Topliss-reactive ketones (excluding diaryl/α,β-unsaturated/α-hetero) is 1. The molecule has 0 spiro atoms. The fourth-order valence-electron chi connectivity index (χ4n) is 3.10. The summed E-state index contributed by atoms with van der Waals surface area (Å²) >= 11 is 3.31. The minimum atomic E-state index is -1.11. The third-order valence-electron chi connectivity index (χ3n) is 4.48. The van der Waals surface area contributed by atoms with Crippen molar-refractivity contribution in [1.82, 2.24) is 0 Å². The van der Waals surface area contributed by atoms with Crippen LogP contribution in [-0.2, 0) is 14.4 Å². The molecule has 2 aromatic carbocycles. The molecule has 0 bridgehead atoms. The Balaban J connectivity index is 1.63. The Morgan fingerprint density at radius 2 is 1.74 bits per heavy atom. The minimum Gasteiger partial charge on any atom is -0.497 e. The highest BCUT2D eigenvalue weighted by Crippen LogP contribution is 2.34. The minimum absolute atomic E-state index is 0.0665. The van der Waals surface area contributed by atoms with Crippen LogP contribution >= 0.6 is 15.9 Å². The number of imide groups is 1. The van der Waals surface area contributed by atoms with Crippen molar-refractivity contribution in [2.24, 2.45) is 11.1 Å². The van der Waals surface area contributed by atoms with Gasteiger partial charge in [-0.25, -0.2) is 4.90 Å². The van der Waals surface area contributed by atoms with Gasteiger partial charge in [-0.1, -0.05) is 21.1 Å². The van der Waals surface area contributed by atoms with Gasteiger partial charge in [0.15, 0.2) is 0 Å². The zero-order chi connectivity index (χ0) is 19.1. The molecule has 1 fully saturated rings. The Morgan fingerprint density at radius 1 is 1.07 bits per heavy atom. The van der Waals surface area contributed by atoms with Gasteiger partial charge in [0.1, 0.15) is 17.4 Å². The van der Waals surface area contributed by atoms with E-state index < -0.39 is 29.6 Å². The van der Waals surface area contributed by atoms with E-state index in [1.807, 2.05) is 0 Å². The molecular formula is C19H13BrN2O5. The molecular weight excluding hydrogens is 416 g/mol. The number of nitrogens with zero attached hydrogens (tertiary/aromatic N) is 2. The average molecular weight is 429 g/mol. The third-order valence-corrected chi connectivity index (χ3v) is 5.01. The number of methoxy groups -OCH3 is 1. The summed E-state index contributed by atoms with van der Waals surface area (Å²) in [6.07, 6.45) is -1.11. The number of ether oxygens (including phenoxy) is 1. The summed E-state index contributed by atoms with van der Waals surface area (Å²) < 4.78 is 5.89. The Morgan fingerprint density at radius 3 is 2.37 bits per heavy atom. The van der Waals surface area contributed by atoms with Gasteiger partial charge < -0.3 is 9.57 Å². The smallest absolute Gasteiger partial charge is 0.278 e. The molecule has 1 saturated heterocycles. The molecule has 0 saturated carbocycles. The van der Waals surface area contributed by atoms with Crippen LogP contribution in [0.25, 0.3) is 0 Å². The van der Waals surface area contributed by atoms with Gasteiger partial charge in [-0.15, -0.1) is 0 Å². The number of ketones is 1. The molecule has 2 amide bonds. The predicted octanol–water partition coefficient (Wildman–Crippen LogP) is 2.58. The average Bonchev–Trinajstić information content (AvgIpc) is 3.23. The number of fused-ring (bicyclic) bond motifs is 1. The monoisotopic (exact) mass is 428 g/mol. The number of benzene rings is 2. The van der Waals surface area contributed by atoms with Crippen LogP contribution in [0.5, 0.6) is 5.75 Å². The highest BCUT2D eigenvalue weighted by molar-refractivity contribution is 9.10. The molecule has 2 atom stereocenters. The highest BCUT2D eigenvalue weighted by Gasteiger charge is 2.57. The maximum absolute atomic E-state index is 12.9. The number of hydrogen-bond acceptors (Lipinski definition) is 6. The zero-order valence-electron chi connectivity index (χ0n) is 14.1. The maximum atomic E-state index is 12.9. The van der Waals surface area contributed by atoms with E-state index in [2.05, 4.69) is 21.1 Å². The fraction of sp³-hybridized carbons (Fsp3) is 0.158. The van der Waals surface area contributed by atoms with Gasteiger partial charge in [-0.2, -0.15) is 0 Å². The number of amides is 2. The van der Waals surface area contributed by atoms with Crippen LogP contribution in [0.2, 0.25) is 0 Å². The Labute approximate surface area is 162 Å². The van der Waals surface area contributed by atoms with Crippen LogP contribution in [0.15, 0.2) is 58.2 Å². The van der Waals surface area contributed by atoms with Gasteiger partial charge in [-0.3, -0.25) is 14.4 Å². The second-order valence-electron chi connectivity index (χ2n) is 6.03. The standard InChI is InChI=1S/C19H13BrN2O5/c1-26-13-8-2-10(3-9-13)16(23)15-14-17(27-21-15)19(25)22(18(14)24)12-6-4-11(20)5-7-12/h2-9,14,17H,1H3/t14-,17+/m1/s1. The lowest BCUT2D eigenvalue weighted by atomic mass is 9.93. The van der Waals surface area contributed by atoms with E-state index in [0.717, 1.165) is 9.37 Å². The Kier molecular flexibility index (Phi) is 4.27. The first-order valence-corrected chi connectivity index (χ1v) is 8.86. The van der Waals surface area contributed by atoms with E-state index in [1.54, 1.807) is 48.5 Å². The molecule has 2 aliphatic rings. The van der Waals surface area contributed by atoms with Gasteiger partial charge in [0, 0.05) is 10.0 Å². The van der Waals surface area contributed by atoms with Crippen LogP contribution in [0.3, 0.4) is 0 Å². The molecule has 27 heavy (non-hydrogen) atoms. The van der Waals surface area contributed by atoms with Crippen molar-refractivity contribution in [3.8, 4) is 5.75 Å². The zero-order valence-corrected chi connectivity index (χ0v) is 15.7. The highest BCUT2D eigenvalue weighted by atomic mass is 79.9. The number of carbonyl (C=O) groups excluding carboxylic acids is 3. The second kappa shape index (κ2) is 6.62. The van der Waals surface area contributed by atoms with Crippen molar-refractivity contribution in [2.45, 2.75) is 6.10 Å². The first-order valence-electron chi connectivity index (χ1n) is 8.07. The lowest BCUT2D eigenvalue weighted by Crippen LogP contribution is -2.34. The maximum Gasteiger partial charge on any atom is 0.278 e. The molecule has 0 aliphatic carbocycles. The van der Waals surface area contributed by atoms with Gasteiger partial charge in [0.2, 0.25) is 17.8 Å². The van der Waals surface area contributed by atoms with Crippen LogP contribution < -0.4 is 9.64 Å². The van der Waals surface area contributed by atoms with Crippen molar-refractivity contribution < 1.29 is 24.0 Å². The molecule has 136 valence electrons. The van der Waals surface area contributed by atoms with E-state index in [0.29, 0.717) is 17.0 Å². The third kappa shape index (κ3) is 2.82. The fourth-order valence-corrected chi connectivity index (χ4v) is 3.37. The number of oxime groups is 1.